The number of anilines is 1. The molecule has 3 nitrogen and oxygen atoms in total. The van der Waals surface area contributed by atoms with Crippen LogP contribution in [0.5, 0.6) is 0 Å². The van der Waals surface area contributed by atoms with Crippen molar-refractivity contribution < 1.29 is 4.79 Å². The minimum atomic E-state index is 0.0280. The number of carbonyl (C=O) groups is 1. The average Bonchev–Trinajstić information content (AvgIpc) is 2.23. The zero-order chi connectivity index (χ0) is 13.8. The van der Waals surface area contributed by atoms with E-state index in [0.29, 0.717) is 13.0 Å². The monoisotopic (exact) mass is 248 g/mol. The van der Waals surface area contributed by atoms with Gasteiger partial charge in [-0.2, -0.15) is 0 Å². The highest BCUT2D eigenvalue weighted by Gasteiger charge is 2.20. The molecule has 0 fully saturated rings. The zero-order valence-corrected chi connectivity index (χ0v) is 11.9. The van der Waals surface area contributed by atoms with Crippen LogP contribution in [0.1, 0.15) is 39.7 Å². The van der Waals surface area contributed by atoms with Gasteiger partial charge in [0.25, 0.3) is 0 Å². The Hall–Kier alpha value is -1.51. The number of nitrogen functional groups attached to an aromatic ring is 1. The van der Waals surface area contributed by atoms with Gasteiger partial charge in [0.2, 0.25) is 5.91 Å². The lowest BCUT2D eigenvalue weighted by Crippen LogP contribution is -2.33. The molecule has 1 amide bonds. The fraction of sp³-hybridized carbons (Fsp3) is 0.533. The Labute approximate surface area is 110 Å². The highest BCUT2D eigenvalue weighted by atomic mass is 16.2. The van der Waals surface area contributed by atoms with Crippen molar-refractivity contribution >= 4 is 11.6 Å². The average molecular weight is 248 g/mol. The van der Waals surface area contributed by atoms with Gasteiger partial charge in [0, 0.05) is 25.2 Å². The molecule has 0 aromatic heterocycles. The van der Waals surface area contributed by atoms with Gasteiger partial charge in [-0.25, -0.2) is 0 Å². The van der Waals surface area contributed by atoms with E-state index in [4.69, 9.17) is 5.73 Å². The Kier molecular flexibility index (Phi) is 4.76. The van der Waals surface area contributed by atoms with E-state index in [1.54, 1.807) is 0 Å². The highest BCUT2D eigenvalue weighted by molar-refractivity contribution is 5.76. The second kappa shape index (κ2) is 5.89. The SMILES string of the molecule is CCN(Cc1cccc(N)c1)C(=O)CC(C)(C)C. The van der Waals surface area contributed by atoms with Gasteiger partial charge < -0.3 is 10.6 Å². The van der Waals surface area contributed by atoms with E-state index < -0.39 is 0 Å². The lowest BCUT2D eigenvalue weighted by molar-refractivity contribution is -0.133. The Morgan fingerprint density at radius 3 is 2.50 bits per heavy atom. The van der Waals surface area contributed by atoms with Crippen LogP contribution in [0.25, 0.3) is 0 Å². The number of amides is 1. The molecule has 0 aliphatic rings. The van der Waals surface area contributed by atoms with Crippen LogP contribution >= 0.6 is 0 Å². The molecule has 0 saturated carbocycles. The normalized spacial score (nSPS) is 11.3. The third-order valence-corrected chi connectivity index (χ3v) is 2.74. The van der Waals surface area contributed by atoms with Crippen LogP contribution in [0, 0.1) is 5.41 Å². The number of nitrogens with zero attached hydrogens (tertiary/aromatic N) is 1. The van der Waals surface area contributed by atoms with Gasteiger partial charge in [0.15, 0.2) is 0 Å². The van der Waals surface area contributed by atoms with Crippen molar-refractivity contribution in [2.75, 3.05) is 12.3 Å². The topological polar surface area (TPSA) is 46.3 Å². The Morgan fingerprint density at radius 2 is 2.00 bits per heavy atom. The summed E-state index contributed by atoms with van der Waals surface area (Å²) in [6.07, 6.45) is 0.573. The maximum absolute atomic E-state index is 12.2. The quantitative estimate of drug-likeness (QED) is 0.832. The van der Waals surface area contributed by atoms with E-state index in [2.05, 4.69) is 20.8 Å². The lowest BCUT2D eigenvalue weighted by Gasteiger charge is -2.25. The summed E-state index contributed by atoms with van der Waals surface area (Å²) in [5.74, 6) is 0.201. The molecular weight excluding hydrogens is 224 g/mol. The molecule has 2 N–H and O–H groups in total. The number of hydrogen-bond donors (Lipinski definition) is 1. The molecule has 1 aromatic rings. The predicted octanol–water partition coefficient (Wildman–Crippen LogP) is 3.05. The summed E-state index contributed by atoms with van der Waals surface area (Å²) in [5, 5.41) is 0. The molecule has 100 valence electrons. The molecule has 3 heteroatoms. The second-order valence-electron chi connectivity index (χ2n) is 5.89. The van der Waals surface area contributed by atoms with Gasteiger partial charge >= 0.3 is 0 Å². The molecule has 18 heavy (non-hydrogen) atoms. The van der Waals surface area contributed by atoms with Crippen molar-refractivity contribution in [1.29, 1.82) is 0 Å². The Bertz CT molecular complexity index is 407. The molecular formula is C15H24N2O. The minimum absolute atomic E-state index is 0.0280. The summed E-state index contributed by atoms with van der Waals surface area (Å²) in [5.41, 5.74) is 7.60. The minimum Gasteiger partial charge on any atom is -0.399 e. The first-order chi connectivity index (χ1) is 8.31. The van der Waals surface area contributed by atoms with Crippen LogP contribution in [0.2, 0.25) is 0 Å². The first-order valence-corrected chi connectivity index (χ1v) is 6.44. The summed E-state index contributed by atoms with van der Waals surface area (Å²) in [7, 11) is 0. The molecule has 0 radical (unpaired) electrons. The Morgan fingerprint density at radius 1 is 1.33 bits per heavy atom. The van der Waals surface area contributed by atoms with Crippen molar-refractivity contribution in [1.82, 2.24) is 4.90 Å². The molecule has 0 bridgehead atoms. The molecule has 0 unspecified atom stereocenters. The van der Waals surface area contributed by atoms with Crippen LogP contribution < -0.4 is 5.73 Å². The summed E-state index contributed by atoms with van der Waals surface area (Å²) in [6.45, 7) is 9.62. The van der Waals surface area contributed by atoms with Crippen LogP contribution in [-0.2, 0) is 11.3 Å². The van der Waals surface area contributed by atoms with Crippen LogP contribution in [0.3, 0.4) is 0 Å². The number of hydrogen-bond acceptors (Lipinski definition) is 2. The fourth-order valence-corrected chi connectivity index (χ4v) is 1.85. The zero-order valence-electron chi connectivity index (χ0n) is 11.9. The maximum Gasteiger partial charge on any atom is 0.223 e. The second-order valence-corrected chi connectivity index (χ2v) is 5.89. The van der Waals surface area contributed by atoms with Crippen LogP contribution in [0.4, 0.5) is 5.69 Å². The van der Waals surface area contributed by atoms with E-state index in [1.165, 1.54) is 0 Å². The van der Waals surface area contributed by atoms with Crippen molar-refractivity contribution in [3.8, 4) is 0 Å². The van der Waals surface area contributed by atoms with E-state index >= 15 is 0 Å². The summed E-state index contributed by atoms with van der Waals surface area (Å²) in [6, 6.07) is 7.71. The highest BCUT2D eigenvalue weighted by Crippen LogP contribution is 2.20. The smallest absolute Gasteiger partial charge is 0.223 e. The van der Waals surface area contributed by atoms with Crippen molar-refractivity contribution in [3.63, 3.8) is 0 Å². The molecule has 0 spiro atoms. The van der Waals surface area contributed by atoms with Crippen LogP contribution in [0.15, 0.2) is 24.3 Å². The number of rotatable bonds is 4. The number of carbonyl (C=O) groups excluding carboxylic acids is 1. The maximum atomic E-state index is 12.2. The van der Waals surface area contributed by atoms with E-state index in [1.807, 2.05) is 36.1 Å². The molecule has 0 aliphatic heterocycles. The largest absolute Gasteiger partial charge is 0.399 e. The molecule has 1 rings (SSSR count). The fourth-order valence-electron chi connectivity index (χ4n) is 1.85. The summed E-state index contributed by atoms with van der Waals surface area (Å²) in [4.78, 5) is 14.0. The standard InChI is InChI=1S/C15H24N2O/c1-5-17(14(18)10-15(2,3)4)11-12-7-6-8-13(16)9-12/h6-9H,5,10-11,16H2,1-4H3. The third kappa shape index (κ3) is 4.78. The summed E-state index contributed by atoms with van der Waals surface area (Å²) < 4.78 is 0. The van der Waals surface area contributed by atoms with Crippen LogP contribution in [-0.4, -0.2) is 17.4 Å². The van der Waals surface area contributed by atoms with Gasteiger partial charge in [0.1, 0.15) is 0 Å². The Balaban J connectivity index is 2.70. The molecule has 1 aromatic carbocycles. The predicted molar refractivity (Wildman–Crippen MR) is 76.0 cm³/mol. The first kappa shape index (κ1) is 14.6. The van der Waals surface area contributed by atoms with Gasteiger partial charge in [-0.1, -0.05) is 32.9 Å². The van der Waals surface area contributed by atoms with Gasteiger partial charge in [-0.15, -0.1) is 0 Å². The lowest BCUT2D eigenvalue weighted by atomic mass is 9.91. The molecule has 0 aliphatic carbocycles. The molecule has 0 atom stereocenters. The molecule has 0 saturated heterocycles. The summed E-state index contributed by atoms with van der Waals surface area (Å²) >= 11 is 0. The first-order valence-electron chi connectivity index (χ1n) is 6.44. The van der Waals surface area contributed by atoms with E-state index in [-0.39, 0.29) is 11.3 Å². The van der Waals surface area contributed by atoms with E-state index in [9.17, 15) is 4.79 Å². The number of benzene rings is 1. The van der Waals surface area contributed by atoms with Gasteiger partial charge in [-0.05, 0) is 30.0 Å². The van der Waals surface area contributed by atoms with Crippen molar-refractivity contribution in [2.45, 2.75) is 40.7 Å². The van der Waals surface area contributed by atoms with Crippen molar-refractivity contribution in [3.05, 3.63) is 29.8 Å². The van der Waals surface area contributed by atoms with Gasteiger partial charge in [0.05, 0.1) is 0 Å². The van der Waals surface area contributed by atoms with E-state index in [0.717, 1.165) is 17.8 Å². The third-order valence-electron chi connectivity index (χ3n) is 2.74. The number of nitrogens with two attached hydrogens (primary N) is 1. The van der Waals surface area contributed by atoms with Crippen molar-refractivity contribution in [2.24, 2.45) is 5.41 Å². The van der Waals surface area contributed by atoms with Gasteiger partial charge in [-0.3, -0.25) is 4.79 Å². The molecule has 0 heterocycles.